The number of rotatable bonds is 8. The molecule has 0 radical (unpaired) electrons. The molecule has 0 fully saturated rings. The summed E-state index contributed by atoms with van der Waals surface area (Å²) in [7, 11) is 0. The molecule has 0 bridgehead atoms. The molecule has 1 rings (SSSR count). The SMILES string of the molecule is Cc1ccc(NC(=O)NCCC(C)C)cc1NC(=O)NCCC(C)C. The highest BCUT2D eigenvalue weighted by atomic mass is 16.2. The summed E-state index contributed by atoms with van der Waals surface area (Å²) in [5.74, 6) is 1.09. The quantitative estimate of drug-likeness (QED) is 0.564. The van der Waals surface area contributed by atoms with E-state index in [1.54, 1.807) is 6.07 Å². The summed E-state index contributed by atoms with van der Waals surface area (Å²) in [5.41, 5.74) is 2.26. The first-order chi connectivity index (χ1) is 11.8. The maximum absolute atomic E-state index is 12.0. The van der Waals surface area contributed by atoms with E-state index in [9.17, 15) is 9.59 Å². The minimum atomic E-state index is -0.239. The maximum atomic E-state index is 12.0. The number of aryl methyl sites for hydroxylation is 1. The minimum Gasteiger partial charge on any atom is -0.338 e. The number of nitrogens with one attached hydrogen (secondary N) is 4. The van der Waals surface area contributed by atoms with Gasteiger partial charge in [-0.05, 0) is 49.3 Å². The number of hydrogen-bond donors (Lipinski definition) is 4. The Morgan fingerprint density at radius 2 is 1.40 bits per heavy atom. The van der Waals surface area contributed by atoms with Gasteiger partial charge in [-0.3, -0.25) is 0 Å². The molecule has 0 unspecified atom stereocenters. The van der Waals surface area contributed by atoms with E-state index in [1.807, 2.05) is 19.1 Å². The third kappa shape index (κ3) is 8.98. The number of anilines is 2. The van der Waals surface area contributed by atoms with Crippen LogP contribution in [0.2, 0.25) is 0 Å². The maximum Gasteiger partial charge on any atom is 0.319 e. The highest BCUT2D eigenvalue weighted by Gasteiger charge is 2.08. The Morgan fingerprint density at radius 1 is 0.880 bits per heavy atom. The zero-order valence-corrected chi connectivity index (χ0v) is 16.0. The molecule has 6 heteroatoms. The molecule has 4 N–H and O–H groups in total. The van der Waals surface area contributed by atoms with E-state index in [2.05, 4.69) is 49.0 Å². The normalized spacial score (nSPS) is 10.7. The van der Waals surface area contributed by atoms with E-state index in [0.29, 0.717) is 36.3 Å². The standard InChI is InChI=1S/C19H32N4O2/c1-13(2)8-10-20-18(24)22-16-7-6-15(5)17(12-16)23-19(25)21-11-9-14(3)4/h6-7,12-14H,8-11H2,1-5H3,(H2,20,22,24)(H2,21,23,25). The third-order valence-corrected chi connectivity index (χ3v) is 3.76. The number of hydrogen-bond acceptors (Lipinski definition) is 2. The summed E-state index contributed by atoms with van der Waals surface area (Å²) in [5, 5.41) is 11.3. The summed E-state index contributed by atoms with van der Waals surface area (Å²) in [6, 6.07) is 4.98. The van der Waals surface area contributed by atoms with Crippen molar-refractivity contribution in [2.75, 3.05) is 23.7 Å². The predicted octanol–water partition coefficient (Wildman–Crippen LogP) is 4.33. The van der Waals surface area contributed by atoms with Gasteiger partial charge in [-0.1, -0.05) is 33.8 Å². The molecule has 25 heavy (non-hydrogen) atoms. The molecular formula is C19H32N4O2. The van der Waals surface area contributed by atoms with Gasteiger partial charge < -0.3 is 21.3 Å². The van der Waals surface area contributed by atoms with Gasteiger partial charge in [0.25, 0.3) is 0 Å². The van der Waals surface area contributed by atoms with E-state index < -0.39 is 0 Å². The molecule has 0 heterocycles. The predicted molar refractivity (Wildman–Crippen MR) is 104 cm³/mol. The first kappa shape index (κ1) is 20.8. The largest absolute Gasteiger partial charge is 0.338 e. The van der Waals surface area contributed by atoms with Gasteiger partial charge in [-0.25, -0.2) is 9.59 Å². The molecule has 0 aromatic heterocycles. The van der Waals surface area contributed by atoms with Gasteiger partial charge in [-0.2, -0.15) is 0 Å². The summed E-state index contributed by atoms with van der Waals surface area (Å²) in [6.45, 7) is 11.7. The van der Waals surface area contributed by atoms with Crippen molar-refractivity contribution in [3.05, 3.63) is 23.8 Å². The number of amides is 4. The lowest BCUT2D eigenvalue weighted by Gasteiger charge is -2.13. The molecule has 0 aliphatic rings. The van der Waals surface area contributed by atoms with Crippen molar-refractivity contribution in [2.24, 2.45) is 11.8 Å². The lowest BCUT2D eigenvalue weighted by Crippen LogP contribution is -2.31. The summed E-state index contributed by atoms with van der Waals surface area (Å²) in [4.78, 5) is 23.9. The second-order valence-corrected chi connectivity index (χ2v) is 7.16. The molecule has 1 aromatic carbocycles. The molecule has 0 saturated heterocycles. The Labute approximate surface area is 151 Å². The molecule has 140 valence electrons. The van der Waals surface area contributed by atoms with Crippen LogP contribution in [0.3, 0.4) is 0 Å². The van der Waals surface area contributed by atoms with Crippen LogP contribution in [-0.2, 0) is 0 Å². The van der Waals surface area contributed by atoms with Crippen molar-refractivity contribution in [3.63, 3.8) is 0 Å². The summed E-state index contributed by atoms with van der Waals surface area (Å²) in [6.07, 6.45) is 1.87. The second kappa shape index (κ2) is 10.6. The zero-order valence-electron chi connectivity index (χ0n) is 16.0. The Hall–Kier alpha value is -2.24. The molecule has 4 amide bonds. The van der Waals surface area contributed by atoms with Crippen molar-refractivity contribution < 1.29 is 9.59 Å². The average molecular weight is 348 g/mol. The van der Waals surface area contributed by atoms with Gasteiger partial charge in [0.15, 0.2) is 0 Å². The molecule has 0 aliphatic heterocycles. The third-order valence-electron chi connectivity index (χ3n) is 3.76. The van der Waals surface area contributed by atoms with Crippen LogP contribution < -0.4 is 21.3 Å². The van der Waals surface area contributed by atoms with Crippen LogP contribution in [-0.4, -0.2) is 25.2 Å². The fourth-order valence-electron chi connectivity index (χ4n) is 2.12. The van der Waals surface area contributed by atoms with Gasteiger partial charge in [-0.15, -0.1) is 0 Å². The first-order valence-corrected chi connectivity index (χ1v) is 8.98. The van der Waals surface area contributed by atoms with Crippen LogP contribution in [0.1, 0.15) is 46.1 Å². The van der Waals surface area contributed by atoms with Gasteiger partial charge in [0.2, 0.25) is 0 Å². The van der Waals surface area contributed by atoms with Crippen LogP contribution in [0.5, 0.6) is 0 Å². The Bertz CT molecular complexity index is 571. The van der Waals surface area contributed by atoms with Crippen molar-refractivity contribution in [1.29, 1.82) is 0 Å². The van der Waals surface area contributed by atoms with Crippen LogP contribution in [0.4, 0.5) is 21.0 Å². The molecular weight excluding hydrogens is 316 g/mol. The molecule has 0 saturated carbocycles. The average Bonchev–Trinajstić information content (AvgIpc) is 2.49. The Morgan fingerprint density at radius 3 is 1.92 bits per heavy atom. The number of carbonyl (C=O) groups excluding carboxylic acids is 2. The van der Waals surface area contributed by atoms with E-state index in [-0.39, 0.29) is 12.1 Å². The van der Waals surface area contributed by atoms with E-state index >= 15 is 0 Å². The van der Waals surface area contributed by atoms with E-state index in [0.717, 1.165) is 18.4 Å². The monoisotopic (exact) mass is 348 g/mol. The highest BCUT2D eigenvalue weighted by molar-refractivity contribution is 5.93. The van der Waals surface area contributed by atoms with Gasteiger partial charge in [0, 0.05) is 24.5 Å². The lowest BCUT2D eigenvalue weighted by molar-refractivity contribution is 0.250. The molecule has 0 aliphatic carbocycles. The van der Waals surface area contributed by atoms with Crippen LogP contribution in [0.15, 0.2) is 18.2 Å². The van der Waals surface area contributed by atoms with Gasteiger partial charge >= 0.3 is 12.1 Å². The summed E-state index contributed by atoms with van der Waals surface area (Å²) < 4.78 is 0. The smallest absolute Gasteiger partial charge is 0.319 e. The Balaban J connectivity index is 2.54. The van der Waals surface area contributed by atoms with Gasteiger partial charge in [0.1, 0.15) is 0 Å². The van der Waals surface area contributed by atoms with Crippen molar-refractivity contribution in [2.45, 2.75) is 47.5 Å². The zero-order chi connectivity index (χ0) is 18.8. The molecule has 0 spiro atoms. The van der Waals surface area contributed by atoms with Gasteiger partial charge in [0.05, 0.1) is 0 Å². The lowest BCUT2D eigenvalue weighted by atomic mass is 10.1. The van der Waals surface area contributed by atoms with Crippen LogP contribution >= 0.6 is 0 Å². The van der Waals surface area contributed by atoms with Crippen molar-refractivity contribution in [1.82, 2.24) is 10.6 Å². The fourth-order valence-corrected chi connectivity index (χ4v) is 2.12. The number of carbonyl (C=O) groups is 2. The number of benzene rings is 1. The topological polar surface area (TPSA) is 82.3 Å². The summed E-state index contributed by atoms with van der Waals surface area (Å²) >= 11 is 0. The Kier molecular flexibility index (Phi) is 8.81. The highest BCUT2D eigenvalue weighted by Crippen LogP contribution is 2.20. The number of urea groups is 2. The fraction of sp³-hybridized carbons (Fsp3) is 0.579. The first-order valence-electron chi connectivity index (χ1n) is 8.98. The van der Waals surface area contributed by atoms with Crippen molar-refractivity contribution in [3.8, 4) is 0 Å². The molecule has 0 atom stereocenters. The second-order valence-electron chi connectivity index (χ2n) is 7.16. The van der Waals surface area contributed by atoms with Crippen molar-refractivity contribution >= 4 is 23.4 Å². The minimum absolute atomic E-state index is 0.234. The van der Waals surface area contributed by atoms with E-state index in [4.69, 9.17) is 0 Å². The molecule has 6 nitrogen and oxygen atoms in total. The van der Waals surface area contributed by atoms with Crippen LogP contribution in [0.25, 0.3) is 0 Å². The van der Waals surface area contributed by atoms with E-state index in [1.165, 1.54) is 0 Å². The molecule has 1 aromatic rings. The van der Waals surface area contributed by atoms with Crippen LogP contribution in [0, 0.1) is 18.8 Å².